The molecule has 94 valence electrons. The second-order valence-corrected chi connectivity index (χ2v) is 3.65. The van der Waals surface area contributed by atoms with E-state index in [9.17, 15) is 9.59 Å². The van der Waals surface area contributed by atoms with Crippen LogP contribution in [0.5, 0.6) is 0 Å². The predicted octanol–water partition coefficient (Wildman–Crippen LogP) is 0.866. The number of esters is 2. The Balaban J connectivity index is 2.02. The molecule has 1 fully saturated rings. The smallest absolute Gasteiger partial charge is 0.347 e. The van der Waals surface area contributed by atoms with Crippen LogP contribution in [0.15, 0.2) is 36.2 Å². The molecule has 2 heterocycles. The molecule has 0 spiro atoms. The Morgan fingerprint density at radius 1 is 1.61 bits per heavy atom. The number of rotatable bonds is 3. The number of aromatic nitrogens is 1. The van der Waals surface area contributed by atoms with Gasteiger partial charge in [0.1, 0.15) is 5.82 Å². The molecular weight excluding hydrogens is 236 g/mol. The summed E-state index contributed by atoms with van der Waals surface area (Å²) in [7, 11) is 1.25. The number of cyclic esters (lactones) is 1. The van der Waals surface area contributed by atoms with Gasteiger partial charge in [0.05, 0.1) is 12.7 Å². The van der Waals surface area contributed by atoms with E-state index in [-0.39, 0.29) is 6.42 Å². The van der Waals surface area contributed by atoms with Crippen molar-refractivity contribution < 1.29 is 19.1 Å². The molecule has 1 aliphatic rings. The third-order valence-corrected chi connectivity index (χ3v) is 2.44. The van der Waals surface area contributed by atoms with Crippen LogP contribution in [0.1, 0.15) is 6.42 Å². The molecule has 6 nitrogen and oxygen atoms in total. The van der Waals surface area contributed by atoms with E-state index in [1.54, 1.807) is 18.3 Å². The Hall–Kier alpha value is -2.37. The first-order valence-electron chi connectivity index (χ1n) is 5.36. The molecule has 2 rings (SSSR count). The van der Waals surface area contributed by atoms with Gasteiger partial charge >= 0.3 is 11.9 Å². The highest BCUT2D eigenvalue weighted by Crippen LogP contribution is 2.21. The molecule has 0 aliphatic carbocycles. The van der Waals surface area contributed by atoms with Crippen molar-refractivity contribution in [3.63, 3.8) is 0 Å². The minimum absolute atomic E-state index is 0.200. The Kier molecular flexibility index (Phi) is 3.57. The summed E-state index contributed by atoms with van der Waals surface area (Å²) < 4.78 is 9.39. The molecular formula is C12H12N2O4. The van der Waals surface area contributed by atoms with Crippen LogP contribution >= 0.6 is 0 Å². The Bertz CT molecular complexity index is 484. The van der Waals surface area contributed by atoms with Gasteiger partial charge in [-0.25, -0.2) is 14.6 Å². The molecule has 1 aromatic rings. The van der Waals surface area contributed by atoms with Gasteiger partial charge in [0.15, 0.2) is 0 Å². The van der Waals surface area contributed by atoms with Crippen molar-refractivity contribution >= 4 is 17.8 Å². The van der Waals surface area contributed by atoms with Crippen molar-refractivity contribution in [2.75, 3.05) is 12.4 Å². The van der Waals surface area contributed by atoms with E-state index in [1.165, 1.54) is 13.3 Å². The summed E-state index contributed by atoms with van der Waals surface area (Å²) in [6, 6.07) is 5.36. The average molecular weight is 248 g/mol. The summed E-state index contributed by atoms with van der Waals surface area (Å²) in [4.78, 5) is 26.7. The third kappa shape index (κ3) is 2.65. The van der Waals surface area contributed by atoms with E-state index in [0.717, 1.165) is 0 Å². The summed E-state index contributed by atoms with van der Waals surface area (Å²) in [5, 5.41) is 2.87. The maximum absolute atomic E-state index is 11.5. The Morgan fingerprint density at radius 2 is 2.44 bits per heavy atom. The highest BCUT2D eigenvalue weighted by molar-refractivity contribution is 5.95. The lowest BCUT2D eigenvalue weighted by molar-refractivity contribution is -0.158. The quantitative estimate of drug-likeness (QED) is 0.631. The van der Waals surface area contributed by atoms with E-state index >= 15 is 0 Å². The van der Waals surface area contributed by atoms with E-state index in [1.807, 2.05) is 6.07 Å². The van der Waals surface area contributed by atoms with E-state index < -0.39 is 18.0 Å². The SMILES string of the molecule is COC(=O)[C@@H]1C/C(=C\Nc2ccccn2)C(=O)O1. The van der Waals surface area contributed by atoms with Crippen molar-refractivity contribution in [2.45, 2.75) is 12.5 Å². The van der Waals surface area contributed by atoms with Crippen LogP contribution in [-0.4, -0.2) is 30.1 Å². The van der Waals surface area contributed by atoms with E-state index in [2.05, 4.69) is 15.0 Å². The number of methoxy groups -OCH3 is 1. The lowest BCUT2D eigenvalue weighted by atomic mass is 10.2. The minimum atomic E-state index is -0.848. The number of carbonyl (C=O) groups excluding carboxylic acids is 2. The van der Waals surface area contributed by atoms with Gasteiger partial charge in [-0.1, -0.05) is 6.07 Å². The summed E-state index contributed by atoms with van der Waals surface area (Å²) in [5.41, 5.74) is 0.385. The van der Waals surface area contributed by atoms with Crippen LogP contribution in [0.25, 0.3) is 0 Å². The van der Waals surface area contributed by atoms with Crippen molar-refractivity contribution in [1.82, 2.24) is 4.98 Å². The molecule has 0 aromatic carbocycles. The molecule has 0 unspecified atom stereocenters. The zero-order valence-electron chi connectivity index (χ0n) is 9.75. The standard InChI is InChI=1S/C12H12N2O4/c1-17-12(16)9-6-8(11(15)18-9)7-14-10-4-2-3-5-13-10/h2-5,7,9H,6H2,1H3,(H,13,14)/b8-7+/t9-/m0/s1. The van der Waals surface area contributed by atoms with Gasteiger partial charge in [-0.3, -0.25) is 0 Å². The second-order valence-electron chi connectivity index (χ2n) is 3.65. The normalized spacial score (nSPS) is 20.6. The predicted molar refractivity (Wildman–Crippen MR) is 62.5 cm³/mol. The van der Waals surface area contributed by atoms with Crippen LogP contribution in [0.2, 0.25) is 0 Å². The average Bonchev–Trinajstić information content (AvgIpc) is 2.78. The Labute approximate surface area is 104 Å². The number of hydrogen-bond acceptors (Lipinski definition) is 6. The van der Waals surface area contributed by atoms with Crippen LogP contribution in [0.3, 0.4) is 0 Å². The van der Waals surface area contributed by atoms with Crippen molar-refractivity contribution in [1.29, 1.82) is 0 Å². The topological polar surface area (TPSA) is 77.5 Å². The fraction of sp³-hybridized carbons (Fsp3) is 0.250. The Morgan fingerprint density at radius 3 is 3.11 bits per heavy atom. The van der Waals surface area contributed by atoms with Crippen LogP contribution in [0.4, 0.5) is 5.82 Å². The lowest BCUT2D eigenvalue weighted by Gasteiger charge is -2.03. The van der Waals surface area contributed by atoms with Gasteiger partial charge < -0.3 is 14.8 Å². The molecule has 0 amide bonds. The van der Waals surface area contributed by atoms with Crippen molar-refractivity contribution in [2.24, 2.45) is 0 Å². The number of carbonyl (C=O) groups is 2. The molecule has 0 saturated carbocycles. The van der Waals surface area contributed by atoms with Crippen molar-refractivity contribution in [3.8, 4) is 0 Å². The molecule has 6 heteroatoms. The van der Waals surface area contributed by atoms with E-state index in [4.69, 9.17) is 4.74 Å². The molecule has 0 bridgehead atoms. The monoisotopic (exact) mass is 248 g/mol. The van der Waals surface area contributed by atoms with Gasteiger partial charge in [0, 0.05) is 18.8 Å². The number of nitrogens with one attached hydrogen (secondary N) is 1. The van der Waals surface area contributed by atoms with Gasteiger partial charge in [-0.2, -0.15) is 0 Å². The molecule has 18 heavy (non-hydrogen) atoms. The summed E-state index contributed by atoms with van der Waals surface area (Å²) in [5.74, 6) is -0.460. The maximum atomic E-state index is 11.5. The second kappa shape index (κ2) is 5.31. The van der Waals surface area contributed by atoms with Crippen LogP contribution in [-0.2, 0) is 19.1 Å². The van der Waals surface area contributed by atoms with Gasteiger partial charge in [0.2, 0.25) is 6.10 Å². The minimum Gasteiger partial charge on any atom is -0.466 e. The maximum Gasteiger partial charge on any atom is 0.347 e. The number of ether oxygens (including phenoxy) is 2. The highest BCUT2D eigenvalue weighted by Gasteiger charge is 2.34. The number of hydrogen-bond donors (Lipinski definition) is 1. The summed E-state index contributed by atoms with van der Waals surface area (Å²) in [6.07, 6.45) is 2.48. The van der Waals surface area contributed by atoms with Crippen LogP contribution in [0, 0.1) is 0 Å². The summed E-state index contributed by atoms with van der Waals surface area (Å²) >= 11 is 0. The third-order valence-electron chi connectivity index (χ3n) is 2.44. The van der Waals surface area contributed by atoms with Gasteiger partial charge in [-0.15, -0.1) is 0 Å². The summed E-state index contributed by atoms with van der Waals surface area (Å²) in [6.45, 7) is 0. The molecule has 1 saturated heterocycles. The largest absolute Gasteiger partial charge is 0.466 e. The number of nitrogens with zero attached hydrogens (tertiary/aromatic N) is 1. The molecule has 1 aromatic heterocycles. The van der Waals surface area contributed by atoms with Crippen LogP contribution < -0.4 is 5.32 Å². The number of pyridine rings is 1. The molecule has 1 aliphatic heterocycles. The fourth-order valence-corrected chi connectivity index (χ4v) is 1.52. The first kappa shape index (κ1) is 12.1. The zero-order valence-corrected chi connectivity index (χ0v) is 9.75. The van der Waals surface area contributed by atoms with Gasteiger partial charge in [0.25, 0.3) is 0 Å². The molecule has 1 atom stereocenters. The highest BCUT2D eigenvalue weighted by atomic mass is 16.6. The lowest BCUT2D eigenvalue weighted by Crippen LogP contribution is -2.21. The molecule has 0 radical (unpaired) electrons. The molecule has 1 N–H and O–H groups in total. The zero-order chi connectivity index (χ0) is 13.0. The van der Waals surface area contributed by atoms with Crippen molar-refractivity contribution in [3.05, 3.63) is 36.2 Å². The first-order valence-corrected chi connectivity index (χ1v) is 5.36. The number of anilines is 1. The van der Waals surface area contributed by atoms with Gasteiger partial charge in [-0.05, 0) is 12.1 Å². The van der Waals surface area contributed by atoms with E-state index in [0.29, 0.717) is 11.4 Å². The fourth-order valence-electron chi connectivity index (χ4n) is 1.52. The first-order chi connectivity index (χ1) is 8.70.